The fourth-order valence-corrected chi connectivity index (χ4v) is 1.76. The number of nitrogens with one attached hydrogen (secondary N) is 1. The molecule has 1 aliphatic heterocycles. The Hall–Kier alpha value is -0.900. The molecule has 2 N–H and O–H groups in total. The summed E-state index contributed by atoms with van der Waals surface area (Å²) >= 11 is 0. The Morgan fingerprint density at radius 3 is 2.79 bits per heavy atom. The third kappa shape index (κ3) is 1.54. The number of hydrogen-bond donors (Lipinski definition) is 2. The molecule has 3 nitrogen and oxygen atoms in total. The minimum atomic E-state index is -1.18. The van der Waals surface area contributed by atoms with E-state index >= 15 is 0 Å². The Balaban J connectivity index is 2.30. The zero-order valence-corrected chi connectivity index (χ0v) is 8.23. The Kier molecular flexibility index (Phi) is 2.54. The molecule has 2 rings (SSSR count). The minimum absolute atomic E-state index is 0.0846. The average Bonchev–Trinajstić information content (AvgIpc) is 2.24. The van der Waals surface area contributed by atoms with Crippen molar-refractivity contribution in [1.29, 1.82) is 0 Å². The summed E-state index contributed by atoms with van der Waals surface area (Å²) in [4.78, 5) is 0. The van der Waals surface area contributed by atoms with E-state index in [4.69, 9.17) is 4.74 Å². The number of rotatable bonds is 1. The van der Waals surface area contributed by atoms with Gasteiger partial charge in [0.1, 0.15) is 0 Å². The van der Waals surface area contributed by atoms with Crippen molar-refractivity contribution in [2.45, 2.75) is 18.8 Å². The van der Waals surface area contributed by atoms with Crippen molar-refractivity contribution >= 4 is 0 Å². The molecule has 1 aliphatic rings. The molecule has 0 spiro atoms. The van der Waals surface area contributed by atoms with Crippen LogP contribution in [0.3, 0.4) is 0 Å². The van der Waals surface area contributed by atoms with Crippen molar-refractivity contribution in [2.75, 3.05) is 13.2 Å². The van der Waals surface area contributed by atoms with Crippen LogP contribution in [-0.4, -0.2) is 24.3 Å². The SMILES string of the molecule is CC1NCCOC1(O)c1ccccc1. The number of aliphatic hydroxyl groups is 1. The predicted molar refractivity (Wildman–Crippen MR) is 53.8 cm³/mol. The monoisotopic (exact) mass is 193 g/mol. The smallest absolute Gasteiger partial charge is 0.208 e. The van der Waals surface area contributed by atoms with Gasteiger partial charge in [0.2, 0.25) is 5.79 Å². The molecule has 1 aromatic rings. The van der Waals surface area contributed by atoms with Crippen LogP contribution in [0.4, 0.5) is 0 Å². The van der Waals surface area contributed by atoms with Gasteiger partial charge in [-0.15, -0.1) is 0 Å². The Morgan fingerprint density at radius 1 is 1.43 bits per heavy atom. The molecule has 76 valence electrons. The molecule has 0 aromatic heterocycles. The molecule has 1 heterocycles. The maximum absolute atomic E-state index is 10.3. The van der Waals surface area contributed by atoms with E-state index in [0.29, 0.717) is 6.61 Å². The van der Waals surface area contributed by atoms with E-state index < -0.39 is 5.79 Å². The Morgan fingerprint density at radius 2 is 2.14 bits per heavy atom. The molecule has 0 radical (unpaired) electrons. The lowest BCUT2D eigenvalue weighted by molar-refractivity contribution is -0.245. The largest absolute Gasteiger partial charge is 0.361 e. The van der Waals surface area contributed by atoms with Crippen LogP contribution in [0, 0.1) is 0 Å². The lowest BCUT2D eigenvalue weighted by Crippen LogP contribution is -2.54. The molecule has 0 saturated carbocycles. The summed E-state index contributed by atoms with van der Waals surface area (Å²) < 4.78 is 5.46. The van der Waals surface area contributed by atoms with Crippen molar-refractivity contribution in [3.05, 3.63) is 35.9 Å². The summed E-state index contributed by atoms with van der Waals surface area (Å²) in [6, 6.07) is 9.40. The van der Waals surface area contributed by atoms with Crippen LogP contribution in [0.25, 0.3) is 0 Å². The average molecular weight is 193 g/mol. The molecular weight excluding hydrogens is 178 g/mol. The maximum Gasteiger partial charge on any atom is 0.208 e. The second-order valence-electron chi connectivity index (χ2n) is 3.59. The maximum atomic E-state index is 10.3. The molecule has 2 unspecified atom stereocenters. The summed E-state index contributed by atoms with van der Waals surface area (Å²) in [5.74, 6) is -1.18. The third-order valence-corrected chi connectivity index (χ3v) is 2.65. The first kappa shape index (κ1) is 9.65. The van der Waals surface area contributed by atoms with Gasteiger partial charge in [0, 0.05) is 12.1 Å². The molecule has 1 aromatic carbocycles. The molecule has 0 aliphatic carbocycles. The molecular formula is C11H15NO2. The summed E-state index contributed by atoms with van der Waals surface area (Å²) in [5, 5.41) is 13.5. The number of benzene rings is 1. The molecule has 0 amide bonds. The summed E-state index contributed by atoms with van der Waals surface area (Å²) in [6.45, 7) is 3.25. The topological polar surface area (TPSA) is 41.5 Å². The van der Waals surface area contributed by atoms with Gasteiger partial charge in [0.05, 0.1) is 12.6 Å². The van der Waals surface area contributed by atoms with Crippen LogP contribution in [0.15, 0.2) is 30.3 Å². The van der Waals surface area contributed by atoms with E-state index in [1.165, 1.54) is 0 Å². The van der Waals surface area contributed by atoms with Crippen molar-refractivity contribution in [1.82, 2.24) is 5.32 Å². The number of ether oxygens (including phenoxy) is 1. The minimum Gasteiger partial charge on any atom is -0.361 e. The van der Waals surface area contributed by atoms with Crippen molar-refractivity contribution in [3.8, 4) is 0 Å². The lowest BCUT2D eigenvalue weighted by atomic mass is 9.98. The van der Waals surface area contributed by atoms with Crippen LogP contribution >= 0.6 is 0 Å². The van der Waals surface area contributed by atoms with Gasteiger partial charge in [-0.3, -0.25) is 0 Å². The zero-order valence-electron chi connectivity index (χ0n) is 8.23. The highest BCUT2D eigenvalue weighted by Crippen LogP contribution is 2.28. The van der Waals surface area contributed by atoms with Crippen LogP contribution in [0.1, 0.15) is 12.5 Å². The molecule has 0 bridgehead atoms. The van der Waals surface area contributed by atoms with Gasteiger partial charge in [0.25, 0.3) is 0 Å². The third-order valence-electron chi connectivity index (χ3n) is 2.65. The number of hydrogen-bond acceptors (Lipinski definition) is 3. The van der Waals surface area contributed by atoms with Crippen LogP contribution in [0.5, 0.6) is 0 Å². The van der Waals surface area contributed by atoms with Gasteiger partial charge < -0.3 is 15.2 Å². The second kappa shape index (κ2) is 3.69. The highest BCUT2D eigenvalue weighted by molar-refractivity contribution is 5.22. The van der Waals surface area contributed by atoms with Gasteiger partial charge in [-0.05, 0) is 6.92 Å². The molecule has 14 heavy (non-hydrogen) atoms. The second-order valence-corrected chi connectivity index (χ2v) is 3.59. The van der Waals surface area contributed by atoms with Gasteiger partial charge in [-0.2, -0.15) is 0 Å². The van der Waals surface area contributed by atoms with Gasteiger partial charge in [0.15, 0.2) is 0 Å². The molecule has 3 heteroatoms. The van der Waals surface area contributed by atoms with E-state index in [2.05, 4.69) is 5.32 Å². The van der Waals surface area contributed by atoms with Crippen molar-refractivity contribution < 1.29 is 9.84 Å². The van der Waals surface area contributed by atoms with E-state index in [1.807, 2.05) is 37.3 Å². The van der Waals surface area contributed by atoms with Gasteiger partial charge in [-0.25, -0.2) is 0 Å². The molecule has 1 saturated heterocycles. The summed E-state index contributed by atoms with van der Waals surface area (Å²) in [7, 11) is 0. The van der Waals surface area contributed by atoms with Gasteiger partial charge in [-0.1, -0.05) is 30.3 Å². The first-order valence-corrected chi connectivity index (χ1v) is 4.89. The standard InChI is InChI=1S/C11H15NO2/c1-9-11(13,14-8-7-12-9)10-5-3-2-4-6-10/h2-6,9,12-13H,7-8H2,1H3. The first-order chi connectivity index (χ1) is 6.73. The molecule has 2 atom stereocenters. The highest BCUT2D eigenvalue weighted by atomic mass is 16.6. The van der Waals surface area contributed by atoms with Crippen molar-refractivity contribution in [3.63, 3.8) is 0 Å². The zero-order chi connectivity index (χ0) is 10.0. The first-order valence-electron chi connectivity index (χ1n) is 4.89. The van der Waals surface area contributed by atoms with Crippen LogP contribution < -0.4 is 5.32 Å². The Bertz CT molecular complexity index is 301. The van der Waals surface area contributed by atoms with Gasteiger partial charge >= 0.3 is 0 Å². The summed E-state index contributed by atoms with van der Waals surface area (Å²) in [5.41, 5.74) is 0.805. The predicted octanol–water partition coefficient (Wildman–Crippen LogP) is 0.840. The van der Waals surface area contributed by atoms with E-state index in [0.717, 1.165) is 12.1 Å². The Labute approximate surface area is 83.7 Å². The highest BCUT2D eigenvalue weighted by Gasteiger charge is 2.38. The fraction of sp³-hybridized carbons (Fsp3) is 0.455. The van der Waals surface area contributed by atoms with E-state index in [1.54, 1.807) is 0 Å². The van der Waals surface area contributed by atoms with E-state index in [9.17, 15) is 5.11 Å². The fourth-order valence-electron chi connectivity index (χ4n) is 1.76. The van der Waals surface area contributed by atoms with E-state index in [-0.39, 0.29) is 6.04 Å². The quantitative estimate of drug-likeness (QED) is 0.694. The number of morpholine rings is 1. The van der Waals surface area contributed by atoms with Crippen LogP contribution in [0.2, 0.25) is 0 Å². The lowest BCUT2D eigenvalue weighted by Gasteiger charge is -2.38. The molecule has 1 fully saturated rings. The van der Waals surface area contributed by atoms with Crippen LogP contribution in [-0.2, 0) is 10.5 Å². The summed E-state index contributed by atoms with van der Waals surface area (Å²) in [6.07, 6.45) is 0. The normalized spacial score (nSPS) is 32.9. The van der Waals surface area contributed by atoms with Crippen molar-refractivity contribution in [2.24, 2.45) is 0 Å².